The number of benzene rings is 1. The molecule has 0 unspecified atom stereocenters. The minimum atomic E-state index is -0.246. The van der Waals surface area contributed by atoms with Crippen molar-refractivity contribution in [2.45, 2.75) is 26.1 Å². The first-order valence-corrected chi connectivity index (χ1v) is 9.45. The van der Waals surface area contributed by atoms with Gasteiger partial charge in [-0.2, -0.15) is 0 Å². The molecule has 1 aromatic carbocycles. The molecule has 0 saturated heterocycles. The molecule has 0 aromatic heterocycles. The maximum Gasteiger partial charge on any atom is 0.305 e. The first kappa shape index (κ1) is 24.3. The lowest BCUT2D eigenvalue weighted by atomic mass is 10.1. The van der Waals surface area contributed by atoms with Gasteiger partial charge < -0.3 is 34.1 Å². The van der Waals surface area contributed by atoms with Crippen LogP contribution in [0.5, 0.6) is 0 Å². The van der Waals surface area contributed by atoms with Crippen molar-refractivity contribution < 1.29 is 34.0 Å². The quantitative estimate of drug-likeness (QED) is 0.315. The van der Waals surface area contributed by atoms with Crippen molar-refractivity contribution in [3.8, 4) is 0 Å². The smallest absolute Gasteiger partial charge is 0.305 e. The molecule has 0 atom stereocenters. The van der Waals surface area contributed by atoms with Crippen LogP contribution in [0.25, 0.3) is 0 Å². The molecule has 160 valence electrons. The van der Waals surface area contributed by atoms with Crippen LogP contribution in [0, 0.1) is 0 Å². The third-order valence-electron chi connectivity index (χ3n) is 4.11. The van der Waals surface area contributed by atoms with Crippen LogP contribution in [-0.2, 0) is 37.0 Å². The molecule has 1 rings (SSSR count). The fourth-order valence-electron chi connectivity index (χ4n) is 2.63. The van der Waals surface area contributed by atoms with Crippen LogP contribution in [0.1, 0.15) is 24.0 Å². The van der Waals surface area contributed by atoms with Gasteiger partial charge in [-0.05, 0) is 29.7 Å². The fraction of sp³-hybridized carbons (Fsp3) is 0.650. The van der Waals surface area contributed by atoms with E-state index in [1.165, 1.54) is 7.11 Å². The van der Waals surface area contributed by atoms with Crippen molar-refractivity contribution in [2.24, 2.45) is 0 Å². The Labute approximate surface area is 167 Å². The monoisotopic (exact) mass is 399 g/mol. The summed E-state index contributed by atoms with van der Waals surface area (Å²) in [4.78, 5) is 13.5. The maximum absolute atomic E-state index is 11.4. The van der Waals surface area contributed by atoms with E-state index < -0.39 is 0 Å². The highest BCUT2D eigenvalue weighted by Crippen LogP contribution is 2.20. The lowest BCUT2D eigenvalue weighted by molar-refractivity contribution is -0.140. The van der Waals surface area contributed by atoms with Gasteiger partial charge >= 0.3 is 5.97 Å². The molecule has 28 heavy (non-hydrogen) atoms. The van der Waals surface area contributed by atoms with E-state index >= 15 is 0 Å². The summed E-state index contributed by atoms with van der Waals surface area (Å²) in [6.07, 6.45) is 0.957. The largest absolute Gasteiger partial charge is 0.469 e. The zero-order valence-electron chi connectivity index (χ0n) is 16.9. The van der Waals surface area contributed by atoms with Crippen molar-refractivity contribution in [3.05, 3.63) is 29.3 Å². The Kier molecular flexibility index (Phi) is 13.2. The maximum atomic E-state index is 11.4. The van der Waals surface area contributed by atoms with Gasteiger partial charge in [0.05, 0.1) is 53.4 Å². The zero-order valence-corrected chi connectivity index (χ0v) is 16.9. The third-order valence-corrected chi connectivity index (χ3v) is 4.11. The molecular weight excluding hydrogens is 366 g/mol. The predicted octanol–water partition coefficient (Wildman–Crippen LogP) is 1.11. The summed E-state index contributed by atoms with van der Waals surface area (Å²) in [5, 5.41) is 18.9. The van der Waals surface area contributed by atoms with Crippen LogP contribution in [0.15, 0.2) is 18.2 Å². The Balaban J connectivity index is 2.60. The number of aliphatic hydroxyl groups is 2. The van der Waals surface area contributed by atoms with E-state index in [0.29, 0.717) is 59.0 Å². The lowest BCUT2D eigenvalue weighted by Gasteiger charge is -2.26. The summed E-state index contributed by atoms with van der Waals surface area (Å²) in [5.41, 5.74) is 2.33. The number of rotatable bonds is 16. The van der Waals surface area contributed by atoms with E-state index in [1.54, 1.807) is 13.2 Å². The van der Waals surface area contributed by atoms with Crippen molar-refractivity contribution in [3.63, 3.8) is 0 Å². The van der Waals surface area contributed by atoms with E-state index in [9.17, 15) is 15.0 Å². The normalized spacial score (nSPS) is 10.9. The van der Waals surface area contributed by atoms with Crippen LogP contribution in [0.2, 0.25) is 0 Å². The van der Waals surface area contributed by atoms with Crippen LogP contribution in [-0.4, -0.2) is 76.5 Å². The van der Waals surface area contributed by atoms with Gasteiger partial charge in [-0.1, -0.05) is 6.07 Å². The molecule has 0 aliphatic heterocycles. The van der Waals surface area contributed by atoms with Crippen molar-refractivity contribution in [2.75, 3.05) is 65.2 Å². The summed E-state index contributed by atoms with van der Waals surface area (Å²) in [5.74, 6) is -0.246. The molecule has 1 aromatic rings. The number of carbonyl (C=O) groups is 1. The molecule has 0 aliphatic rings. The average molecular weight is 399 g/mol. The molecule has 0 aliphatic carbocycles. The molecule has 0 heterocycles. The van der Waals surface area contributed by atoms with Crippen LogP contribution in [0.4, 0.5) is 5.69 Å². The molecule has 0 amide bonds. The topological polar surface area (TPSA) is 97.7 Å². The van der Waals surface area contributed by atoms with E-state index in [1.807, 2.05) is 12.1 Å². The molecule has 0 radical (unpaired) electrons. The molecule has 8 heteroatoms. The van der Waals surface area contributed by atoms with Gasteiger partial charge in [0.25, 0.3) is 0 Å². The Morgan fingerprint density at radius 3 is 2.07 bits per heavy atom. The second-order valence-electron chi connectivity index (χ2n) is 6.21. The number of hydrogen-bond acceptors (Lipinski definition) is 8. The summed E-state index contributed by atoms with van der Waals surface area (Å²) in [6.45, 7) is 3.60. The second-order valence-corrected chi connectivity index (χ2v) is 6.21. The summed E-state index contributed by atoms with van der Waals surface area (Å²) in [7, 11) is 3.00. The highest BCUT2D eigenvalue weighted by atomic mass is 16.5. The Morgan fingerprint density at radius 1 is 0.893 bits per heavy atom. The number of methoxy groups -OCH3 is 2. The van der Waals surface area contributed by atoms with Gasteiger partial charge in [0, 0.05) is 32.3 Å². The van der Waals surface area contributed by atoms with Gasteiger partial charge in [0.2, 0.25) is 0 Å². The first-order chi connectivity index (χ1) is 13.6. The first-order valence-electron chi connectivity index (χ1n) is 9.45. The van der Waals surface area contributed by atoms with Crippen LogP contribution < -0.4 is 4.90 Å². The van der Waals surface area contributed by atoms with Gasteiger partial charge in [-0.15, -0.1) is 0 Å². The molecule has 0 saturated carbocycles. The number of nitrogens with zero attached hydrogens (tertiary/aromatic N) is 1. The van der Waals surface area contributed by atoms with E-state index in [0.717, 1.165) is 16.8 Å². The molecule has 2 N–H and O–H groups in total. The molecule has 0 bridgehead atoms. The minimum Gasteiger partial charge on any atom is -0.469 e. The van der Waals surface area contributed by atoms with E-state index in [-0.39, 0.29) is 19.2 Å². The second kappa shape index (κ2) is 15.2. The van der Waals surface area contributed by atoms with Crippen LogP contribution >= 0.6 is 0 Å². The standard InChI is InChI=1S/C20H33NO7/c1-25-8-9-28-11-10-27-7-6-21(5-3-4-20(24)26-2)19-13-17(15-22)12-18(14-19)16-23/h12-14,22-23H,3-11,15-16H2,1-2H3. The Bertz CT molecular complexity index is 531. The summed E-state index contributed by atoms with van der Waals surface area (Å²) >= 11 is 0. The average Bonchev–Trinajstić information content (AvgIpc) is 2.73. The number of carbonyl (C=O) groups excluding carboxylic acids is 1. The Hall–Kier alpha value is -1.71. The van der Waals surface area contributed by atoms with E-state index in [2.05, 4.69) is 4.90 Å². The number of hydrogen-bond donors (Lipinski definition) is 2. The highest BCUT2D eigenvalue weighted by Gasteiger charge is 2.11. The molecule has 0 fully saturated rings. The zero-order chi connectivity index (χ0) is 20.6. The van der Waals surface area contributed by atoms with Gasteiger partial charge in [-0.3, -0.25) is 4.79 Å². The lowest BCUT2D eigenvalue weighted by Crippen LogP contribution is -2.29. The highest BCUT2D eigenvalue weighted by molar-refractivity contribution is 5.69. The summed E-state index contributed by atoms with van der Waals surface area (Å²) in [6, 6.07) is 5.53. The van der Waals surface area contributed by atoms with Gasteiger partial charge in [-0.25, -0.2) is 0 Å². The molecular formula is C20H33NO7. The fourth-order valence-corrected chi connectivity index (χ4v) is 2.63. The van der Waals surface area contributed by atoms with Crippen molar-refractivity contribution in [1.82, 2.24) is 0 Å². The Morgan fingerprint density at radius 2 is 1.50 bits per heavy atom. The number of aliphatic hydroxyl groups excluding tert-OH is 2. The van der Waals surface area contributed by atoms with Crippen molar-refractivity contribution >= 4 is 11.7 Å². The summed E-state index contributed by atoms with van der Waals surface area (Å²) < 4.78 is 20.6. The number of anilines is 1. The van der Waals surface area contributed by atoms with Gasteiger partial charge in [0.1, 0.15) is 0 Å². The third kappa shape index (κ3) is 10.0. The van der Waals surface area contributed by atoms with Crippen LogP contribution in [0.3, 0.4) is 0 Å². The predicted molar refractivity (Wildman–Crippen MR) is 105 cm³/mol. The molecule has 8 nitrogen and oxygen atoms in total. The number of ether oxygens (including phenoxy) is 4. The van der Waals surface area contributed by atoms with Crippen molar-refractivity contribution in [1.29, 1.82) is 0 Å². The van der Waals surface area contributed by atoms with Gasteiger partial charge in [0.15, 0.2) is 0 Å². The SMILES string of the molecule is COCCOCCOCCN(CCCC(=O)OC)c1cc(CO)cc(CO)c1. The molecule has 0 spiro atoms. The minimum absolute atomic E-state index is 0.105. The van der Waals surface area contributed by atoms with E-state index in [4.69, 9.17) is 18.9 Å². The number of esters is 1.